The molecule has 0 N–H and O–H groups in total. The lowest BCUT2D eigenvalue weighted by molar-refractivity contribution is 0.305. The third-order valence-electron chi connectivity index (χ3n) is 2.12. The molecule has 0 spiro atoms. The zero-order valence-corrected chi connectivity index (χ0v) is 11.5. The van der Waals surface area contributed by atoms with Crippen molar-refractivity contribution >= 4 is 27.3 Å². The molecule has 0 radical (unpaired) electrons. The lowest BCUT2D eigenvalue weighted by atomic mass is 10.3. The molecule has 1 aromatic carbocycles. The summed E-state index contributed by atoms with van der Waals surface area (Å²) in [5.41, 5.74) is 0.770. The Hall–Kier alpha value is -1.38. The minimum absolute atomic E-state index is 0.398. The Morgan fingerprint density at radius 1 is 1.41 bits per heavy atom. The number of hydrogen-bond acceptors (Lipinski definition) is 4. The Balaban J connectivity index is 2.02. The predicted molar refractivity (Wildman–Crippen MR) is 70.0 cm³/mol. The third-order valence-corrected chi connectivity index (χ3v) is 3.68. The number of ether oxygens (including phenoxy) is 1. The molecule has 0 atom stereocenters. The summed E-state index contributed by atoms with van der Waals surface area (Å²) in [5, 5.41) is 9.64. The van der Waals surface area contributed by atoms with Crippen LogP contribution in [0.4, 0.5) is 0 Å². The van der Waals surface area contributed by atoms with Gasteiger partial charge in [0.15, 0.2) is 0 Å². The molecule has 17 heavy (non-hydrogen) atoms. The van der Waals surface area contributed by atoms with E-state index in [-0.39, 0.29) is 0 Å². The number of rotatable bonds is 3. The Labute approximate surface area is 112 Å². The largest absolute Gasteiger partial charge is 0.486 e. The van der Waals surface area contributed by atoms with Crippen LogP contribution in [0.1, 0.15) is 15.6 Å². The van der Waals surface area contributed by atoms with Crippen LogP contribution >= 0.6 is 27.3 Å². The van der Waals surface area contributed by atoms with Crippen molar-refractivity contribution in [2.24, 2.45) is 0 Å². The topological polar surface area (TPSA) is 45.9 Å². The Kier molecular flexibility index (Phi) is 3.77. The molecule has 0 saturated heterocycles. The number of halogens is 1. The van der Waals surface area contributed by atoms with Gasteiger partial charge in [0, 0.05) is 4.47 Å². The molecule has 2 rings (SSSR count). The van der Waals surface area contributed by atoms with E-state index in [2.05, 4.69) is 27.0 Å². The zero-order valence-electron chi connectivity index (χ0n) is 9.11. The van der Waals surface area contributed by atoms with Crippen molar-refractivity contribution in [3.63, 3.8) is 0 Å². The molecule has 0 aliphatic carbocycles. The van der Waals surface area contributed by atoms with Gasteiger partial charge in [-0.05, 0) is 31.2 Å². The lowest BCUT2D eigenvalue weighted by Gasteiger charge is -2.03. The van der Waals surface area contributed by atoms with Gasteiger partial charge >= 0.3 is 0 Å². The molecule has 3 nitrogen and oxygen atoms in total. The van der Waals surface area contributed by atoms with Crippen LogP contribution in [-0.2, 0) is 6.61 Å². The van der Waals surface area contributed by atoms with Crippen LogP contribution in [-0.4, -0.2) is 4.98 Å². The number of nitrogens with zero attached hydrogens (tertiary/aromatic N) is 2. The van der Waals surface area contributed by atoms with E-state index in [1.807, 2.05) is 31.2 Å². The first-order valence-electron chi connectivity index (χ1n) is 4.94. The fourth-order valence-electron chi connectivity index (χ4n) is 1.29. The molecule has 0 aliphatic rings. The van der Waals surface area contributed by atoms with Gasteiger partial charge in [-0.25, -0.2) is 4.98 Å². The first kappa shape index (κ1) is 12.1. The highest BCUT2D eigenvalue weighted by Gasteiger charge is 2.07. The van der Waals surface area contributed by atoms with E-state index in [1.165, 1.54) is 11.3 Å². The molecule has 0 unspecified atom stereocenters. The Morgan fingerprint density at radius 2 is 2.12 bits per heavy atom. The number of thiazole rings is 1. The van der Waals surface area contributed by atoms with Crippen LogP contribution in [0.3, 0.4) is 0 Å². The van der Waals surface area contributed by atoms with Crippen LogP contribution in [0, 0.1) is 18.3 Å². The molecule has 0 saturated carbocycles. The van der Waals surface area contributed by atoms with Crippen molar-refractivity contribution < 1.29 is 4.74 Å². The van der Waals surface area contributed by atoms with E-state index in [9.17, 15) is 0 Å². The monoisotopic (exact) mass is 308 g/mol. The summed E-state index contributed by atoms with van der Waals surface area (Å²) >= 11 is 4.74. The van der Waals surface area contributed by atoms with Gasteiger partial charge in [0.25, 0.3) is 0 Å². The fourth-order valence-corrected chi connectivity index (χ4v) is 2.33. The smallest absolute Gasteiger partial charge is 0.140 e. The molecular weight excluding hydrogens is 300 g/mol. The van der Waals surface area contributed by atoms with Crippen LogP contribution in [0.15, 0.2) is 28.7 Å². The second-order valence-corrected chi connectivity index (χ2v) is 5.38. The van der Waals surface area contributed by atoms with E-state index < -0.39 is 0 Å². The molecule has 1 aromatic heterocycles. The number of hydrogen-bond donors (Lipinski definition) is 0. The molecule has 0 amide bonds. The third kappa shape index (κ3) is 3.05. The van der Waals surface area contributed by atoms with E-state index >= 15 is 0 Å². The summed E-state index contributed by atoms with van der Waals surface area (Å²) in [5.74, 6) is 0.791. The summed E-state index contributed by atoms with van der Waals surface area (Å²) in [6.45, 7) is 2.23. The Bertz CT molecular complexity index is 557. The maximum absolute atomic E-state index is 8.82. The van der Waals surface area contributed by atoms with E-state index in [0.29, 0.717) is 11.5 Å². The van der Waals surface area contributed by atoms with Crippen LogP contribution < -0.4 is 4.74 Å². The van der Waals surface area contributed by atoms with Crippen LogP contribution in [0.2, 0.25) is 0 Å². The van der Waals surface area contributed by atoms with Crippen molar-refractivity contribution in [3.8, 4) is 11.8 Å². The van der Waals surface area contributed by atoms with Gasteiger partial charge in [-0.3, -0.25) is 0 Å². The van der Waals surface area contributed by atoms with Gasteiger partial charge in [0.2, 0.25) is 0 Å². The average Bonchev–Trinajstić information content (AvgIpc) is 2.69. The van der Waals surface area contributed by atoms with Gasteiger partial charge in [0.1, 0.15) is 28.3 Å². The number of aryl methyl sites for hydroxylation is 1. The van der Waals surface area contributed by atoms with Gasteiger partial charge in [-0.15, -0.1) is 11.3 Å². The minimum atomic E-state index is 0.398. The summed E-state index contributed by atoms with van der Waals surface area (Å²) in [6, 6.07) is 9.72. The predicted octanol–water partition coefficient (Wildman–Crippen LogP) is 3.66. The van der Waals surface area contributed by atoms with Gasteiger partial charge in [-0.2, -0.15) is 5.26 Å². The summed E-state index contributed by atoms with van der Waals surface area (Å²) in [4.78, 5) is 4.93. The number of benzene rings is 1. The molecule has 86 valence electrons. The van der Waals surface area contributed by atoms with Crippen LogP contribution in [0.5, 0.6) is 5.75 Å². The van der Waals surface area contributed by atoms with E-state index in [0.717, 1.165) is 20.9 Å². The number of aromatic nitrogens is 1. The second-order valence-electron chi connectivity index (χ2n) is 3.38. The average molecular weight is 309 g/mol. The van der Waals surface area contributed by atoms with Crippen LogP contribution in [0.25, 0.3) is 0 Å². The maximum atomic E-state index is 8.82. The highest BCUT2D eigenvalue weighted by Crippen LogP contribution is 2.20. The van der Waals surface area contributed by atoms with Crippen molar-refractivity contribution in [1.82, 2.24) is 4.98 Å². The van der Waals surface area contributed by atoms with E-state index in [4.69, 9.17) is 10.00 Å². The highest BCUT2D eigenvalue weighted by molar-refractivity contribution is 9.10. The molecule has 1 heterocycles. The molecule has 0 aliphatic heterocycles. The first-order valence-corrected chi connectivity index (χ1v) is 6.55. The molecule has 0 fully saturated rings. The SMILES string of the molecule is Cc1nc(COc2ccc(Br)cc2)sc1C#N. The fraction of sp³-hybridized carbons (Fsp3) is 0.167. The van der Waals surface area contributed by atoms with Gasteiger partial charge in [0.05, 0.1) is 5.69 Å². The first-order chi connectivity index (χ1) is 8.19. The van der Waals surface area contributed by atoms with Gasteiger partial charge < -0.3 is 4.74 Å². The molecule has 0 bridgehead atoms. The summed E-state index contributed by atoms with van der Waals surface area (Å²) in [7, 11) is 0. The Morgan fingerprint density at radius 3 is 2.71 bits per heavy atom. The lowest BCUT2D eigenvalue weighted by Crippen LogP contribution is -1.94. The van der Waals surface area contributed by atoms with Crippen molar-refractivity contribution in [1.29, 1.82) is 5.26 Å². The number of nitriles is 1. The summed E-state index contributed by atoms with van der Waals surface area (Å²) < 4.78 is 6.59. The standard InChI is InChI=1S/C12H9BrN2OS/c1-8-11(6-14)17-12(15-8)7-16-10-4-2-9(13)3-5-10/h2-5H,7H2,1H3. The van der Waals surface area contributed by atoms with Crippen molar-refractivity contribution in [2.75, 3.05) is 0 Å². The zero-order chi connectivity index (χ0) is 12.3. The van der Waals surface area contributed by atoms with Crippen molar-refractivity contribution in [2.45, 2.75) is 13.5 Å². The molecule has 5 heteroatoms. The van der Waals surface area contributed by atoms with Crippen molar-refractivity contribution in [3.05, 3.63) is 44.3 Å². The normalized spacial score (nSPS) is 9.94. The molecular formula is C12H9BrN2OS. The molecule has 2 aromatic rings. The maximum Gasteiger partial charge on any atom is 0.140 e. The second kappa shape index (κ2) is 5.30. The quantitative estimate of drug-likeness (QED) is 0.869. The highest BCUT2D eigenvalue weighted by atomic mass is 79.9. The summed E-state index contributed by atoms with van der Waals surface area (Å²) in [6.07, 6.45) is 0. The minimum Gasteiger partial charge on any atom is -0.486 e. The van der Waals surface area contributed by atoms with Gasteiger partial charge in [-0.1, -0.05) is 15.9 Å². The van der Waals surface area contributed by atoms with E-state index in [1.54, 1.807) is 0 Å².